The van der Waals surface area contributed by atoms with Crippen LogP contribution in [0, 0.1) is 17.7 Å². The van der Waals surface area contributed by atoms with E-state index in [0.29, 0.717) is 5.56 Å². The molecule has 4 heteroatoms. The molecule has 0 amide bonds. The van der Waals surface area contributed by atoms with E-state index in [9.17, 15) is 4.39 Å². The molecule has 0 radical (unpaired) electrons. The molecular formula is C15H19FN2S. The molecule has 2 N–H and O–H groups in total. The molecule has 102 valence electrons. The van der Waals surface area contributed by atoms with Gasteiger partial charge in [0.25, 0.3) is 0 Å². The molecule has 2 nitrogen and oxygen atoms in total. The van der Waals surface area contributed by atoms with Crippen LogP contribution >= 0.6 is 12.2 Å². The highest BCUT2D eigenvalue weighted by molar-refractivity contribution is 7.80. The third-order valence-electron chi connectivity index (χ3n) is 4.45. The van der Waals surface area contributed by atoms with Crippen LogP contribution in [0.3, 0.4) is 0 Å². The first-order valence-electron chi connectivity index (χ1n) is 6.93. The van der Waals surface area contributed by atoms with Crippen molar-refractivity contribution in [1.82, 2.24) is 4.90 Å². The summed E-state index contributed by atoms with van der Waals surface area (Å²) in [5, 5.41) is 0. The molecule has 2 unspecified atom stereocenters. The Morgan fingerprint density at radius 3 is 2.58 bits per heavy atom. The van der Waals surface area contributed by atoms with Crippen LogP contribution < -0.4 is 5.73 Å². The molecule has 0 bridgehead atoms. The van der Waals surface area contributed by atoms with Crippen LogP contribution in [0.15, 0.2) is 18.2 Å². The number of fused-ring (bicyclic) bond motifs is 1. The predicted octanol–water partition coefficient (Wildman–Crippen LogP) is 2.69. The molecule has 0 aromatic heterocycles. The zero-order valence-corrected chi connectivity index (χ0v) is 11.8. The van der Waals surface area contributed by atoms with E-state index in [1.807, 2.05) is 6.07 Å². The lowest BCUT2D eigenvalue weighted by Crippen LogP contribution is -2.21. The highest BCUT2D eigenvalue weighted by Gasteiger charge is 2.35. The van der Waals surface area contributed by atoms with Crippen LogP contribution in [0.1, 0.15) is 30.4 Å². The highest BCUT2D eigenvalue weighted by Crippen LogP contribution is 2.38. The van der Waals surface area contributed by atoms with E-state index in [4.69, 9.17) is 18.0 Å². The zero-order chi connectivity index (χ0) is 13.4. The largest absolute Gasteiger partial charge is 0.389 e. The number of nitrogens with two attached hydrogens (primary N) is 1. The first-order chi connectivity index (χ1) is 9.11. The average Bonchev–Trinajstić information content (AvgIpc) is 2.88. The summed E-state index contributed by atoms with van der Waals surface area (Å²) in [5.41, 5.74) is 7.19. The van der Waals surface area contributed by atoms with Gasteiger partial charge in [-0.25, -0.2) is 4.39 Å². The molecule has 3 rings (SSSR count). The summed E-state index contributed by atoms with van der Waals surface area (Å²) in [6.07, 6.45) is 4.11. The van der Waals surface area contributed by atoms with E-state index < -0.39 is 0 Å². The number of benzene rings is 1. The van der Waals surface area contributed by atoms with Crippen molar-refractivity contribution in [2.45, 2.75) is 25.8 Å². The third-order valence-corrected chi connectivity index (χ3v) is 4.69. The molecule has 0 spiro atoms. The summed E-state index contributed by atoms with van der Waals surface area (Å²) >= 11 is 4.93. The first-order valence-corrected chi connectivity index (χ1v) is 7.34. The van der Waals surface area contributed by atoms with Crippen molar-refractivity contribution in [3.8, 4) is 0 Å². The van der Waals surface area contributed by atoms with Gasteiger partial charge in [0.05, 0.1) is 0 Å². The third kappa shape index (κ3) is 2.79. The summed E-state index contributed by atoms with van der Waals surface area (Å²) in [7, 11) is 0. The van der Waals surface area contributed by atoms with Gasteiger partial charge in [0.1, 0.15) is 10.8 Å². The van der Waals surface area contributed by atoms with Crippen molar-refractivity contribution >= 4 is 17.2 Å². The van der Waals surface area contributed by atoms with Gasteiger partial charge in [-0.15, -0.1) is 0 Å². The molecule has 1 aromatic rings. The van der Waals surface area contributed by atoms with Crippen LogP contribution in [0.4, 0.5) is 4.39 Å². The van der Waals surface area contributed by atoms with Gasteiger partial charge in [-0.2, -0.15) is 0 Å². The Morgan fingerprint density at radius 1 is 1.26 bits per heavy atom. The number of hydrogen-bond acceptors (Lipinski definition) is 2. The van der Waals surface area contributed by atoms with Gasteiger partial charge >= 0.3 is 0 Å². The van der Waals surface area contributed by atoms with Gasteiger partial charge in [-0.05, 0) is 48.4 Å². The van der Waals surface area contributed by atoms with Crippen LogP contribution in [0.2, 0.25) is 0 Å². The molecule has 1 heterocycles. The topological polar surface area (TPSA) is 29.3 Å². The Balaban J connectivity index is 1.71. The summed E-state index contributed by atoms with van der Waals surface area (Å²) in [6, 6.07) is 4.92. The second kappa shape index (κ2) is 5.17. The normalized spacial score (nSPS) is 26.6. The lowest BCUT2D eigenvalue weighted by Gasteiger charge is -2.17. The molecule has 1 saturated carbocycles. The van der Waals surface area contributed by atoms with Crippen molar-refractivity contribution < 1.29 is 4.39 Å². The SMILES string of the molecule is NC(=S)c1cc(F)cc(CN2CC3CCCC3C2)c1. The molecule has 1 saturated heterocycles. The number of nitrogens with zero attached hydrogens (tertiary/aromatic N) is 1. The number of likely N-dealkylation sites (tertiary alicyclic amines) is 1. The fraction of sp³-hybridized carbons (Fsp3) is 0.533. The molecule has 1 aliphatic heterocycles. The zero-order valence-electron chi connectivity index (χ0n) is 10.9. The Labute approximate surface area is 118 Å². The maximum atomic E-state index is 13.6. The minimum Gasteiger partial charge on any atom is -0.389 e. The van der Waals surface area contributed by atoms with Crippen molar-refractivity contribution in [2.24, 2.45) is 17.6 Å². The van der Waals surface area contributed by atoms with E-state index in [0.717, 1.165) is 37.0 Å². The molecule has 2 aliphatic rings. The van der Waals surface area contributed by atoms with E-state index >= 15 is 0 Å². The van der Waals surface area contributed by atoms with Crippen molar-refractivity contribution in [1.29, 1.82) is 0 Å². The molecule has 2 atom stereocenters. The van der Waals surface area contributed by atoms with Gasteiger partial charge < -0.3 is 5.73 Å². The van der Waals surface area contributed by atoms with Gasteiger partial charge in [-0.3, -0.25) is 4.90 Å². The maximum Gasteiger partial charge on any atom is 0.124 e. The number of halogens is 1. The minimum absolute atomic E-state index is 0.250. The molecule has 2 fully saturated rings. The van der Waals surface area contributed by atoms with Gasteiger partial charge in [0.2, 0.25) is 0 Å². The van der Waals surface area contributed by atoms with E-state index in [-0.39, 0.29) is 10.8 Å². The monoisotopic (exact) mass is 278 g/mol. The summed E-state index contributed by atoms with van der Waals surface area (Å²) in [4.78, 5) is 2.70. The highest BCUT2D eigenvalue weighted by atomic mass is 32.1. The second-order valence-electron chi connectivity index (χ2n) is 5.86. The van der Waals surface area contributed by atoms with Gasteiger partial charge in [-0.1, -0.05) is 18.6 Å². The number of hydrogen-bond donors (Lipinski definition) is 1. The van der Waals surface area contributed by atoms with Crippen LogP contribution in [0.25, 0.3) is 0 Å². The Kier molecular flexibility index (Phi) is 3.54. The van der Waals surface area contributed by atoms with E-state index in [1.54, 1.807) is 6.07 Å². The molecule has 19 heavy (non-hydrogen) atoms. The lowest BCUT2D eigenvalue weighted by atomic mass is 10.0. The predicted molar refractivity (Wildman–Crippen MR) is 78.4 cm³/mol. The van der Waals surface area contributed by atoms with Crippen molar-refractivity contribution in [3.05, 3.63) is 35.1 Å². The van der Waals surface area contributed by atoms with Gasteiger partial charge in [0.15, 0.2) is 0 Å². The summed E-state index contributed by atoms with van der Waals surface area (Å²) in [5.74, 6) is 1.48. The average molecular weight is 278 g/mol. The van der Waals surface area contributed by atoms with Crippen molar-refractivity contribution in [3.63, 3.8) is 0 Å². The number of thiocarbonyl (C=S) groups is 1. The fourth-order valence-corrected chi connectivity index (χ4v) is 3.72. The second-order valence-corrected chi connectivity index (χ2v) is 6.30. The van der Waals surface area contributed by atoms with Crippen molar-refractivity contribution in [2.75, 3.05) is 13.1 Å². The van der Waals surface area contributed by atoms with E-state index in [2.05, 4.69) is 4.90 Å². The summed E-state index contributed by atoms with van der Waals surface area (Å²) < 4.78 is 13.6. The minimum atomic E-state index is -0.250. The molecule has 1 aromatic carbocycles. The smallest absolute Gasteiger partial charge is 0.124 e. The van der Waals surface area contributed by atoms with Crippen LogP contribution in [-0.4, -0.2) is 23.0 Å². The lowest BCUT2D eigenvalue weighted by molar-refractivity contribution is 0.303. The summed E-state index contributed by atoms with van der Waals surface area (Å²) in [6.45, 7) is 3.12. The standard InChI is InChI=1S/C15H19FN2S/c16-14-5-10(4-13(6-14)15(17)19)7-18-8-11-2-1-3-12(11)9-18/h4-6,11-12H,1-3,7-9H2,(H2,17,19). The Hall–Kier alpha value is -1.00. The number of rotatable bonds is 3. The van der Waals surface area contributed by atoms with Crippen LogP contribution in [0.5, 0.6) is 0 Å². The Morgan fingerprint density at radius 2 is 1.95 bits per heavy atom. The Bertz CT molecular complexity index is 491. The first kappa shape index (κ1) is 13.0. The molecule has 1 aliphatic carbocycles. The fourth-order valence-electron chi connectivity index (χ4n) is 3.60. The van der Waals surface area contributed by atoms with Crippen LogP contribution in [-0.2, 0) is 6.54 Å². The van der Waals surface area contributed by atoms with Gasteiger partial charge in [0, 0.05) is 25.2 Å². The molecular weight excluding hydrogens is 259 g/mol. The quantitative estimate of drug-likeness (QED) is 0.862. The van der Waals surface area contributed by atoms with E-state index in [1.165, 1.54) is 25.3 Å². The maximum absolute atomic E-state index is 13.6.